The Morgan fingerprint density at radius 1 is 1.23 bits per heavy atom. The summed E-state index contributed by atoms with van der Waals surface area (Å²) in [5.74, 6) is -1.93. The number of nitrogens with two attached hydrogens (primary N) is 1. The second-order valence-corrected chi connectivity index (χ2v) is 12.5. The number of fused-ring (bicyclic) bond motifs is 2. The zero-order valence-electron chi connectivity index (χ0n) is 24.2. The molecule has 0 spiro atoms. The predicted molar refractivity (Wildman–Crippen MR) is 160 cm³/mol. The number of hydrogen-bond donors (Lipinski definition) is 2. The quantitative estimate of drug-likeness (QED) is 0.262. The van der Waals surface area contributed by atoms with Gasteiger partial charge in [0.1, 0.15) is 34.8 Å². The summed E-state index contributed by atoms with van der Waals surface area (Å²) in [4.78, 5) is 12.8. The molecule has 4 aromatic rings. The van der Waals surface area contributed by atoms with Crippen molar-refractivity contribution in [1.82, 2.24) is 20.2 Å². The van der Waals surface area contributed by atoms with Gasteiger partial charge in [-0.25, -0.2) is 8.78 Å². The lowest BCUT2D eigenvalue weighted by Gasteiger charge is -2.39. The zero-order chi connectivity index (χ0) is 31.5. The number of nitrogens with zero attached hydrogens (tertiary/aromatic N) is 5. The van der Waals surface area contributed by atoms with E-state index in [1.807, 2.05) is 31.9 Å². The van der Waals surface area contributed by atoms with Gasteiger partial charge in [0.15, 0.2) is 5.82 Å². The fraction of sp³-hybridized carbons (Fsp3) is 0.433. The predicted octanol–water partition coefficient (Wildman–Crippen LogP) is 5.92. The maximum atomic E-state index is 16.8. The summed E-state index contributed by atoms with van der Waals surface area (Å²) in [6.45, 7) is 5.90. The Morgan fingerprint density at radius 3 is 2.68 bits per heavy atom. The van der Waals surface area contributed by atoms with Crippen LogP contribution in [0.25, 0.3) is 32.1 Å². The van der Waals surface area contributed by atoms with Gasteiger partial charge in [-0.15, -0.1) is 11.3 Å². The third kappa shape index (κ3) is 5.16. The molecule has 2 aliphatic heterocycles. The molecular weight excluding hydrogens is 601 g/mol. The minimum Gasteiger partial charge on any atom is -0.462 e. The molecule has 0 amide bonds. The van der Waals surface area contributed by atoms with Crippen LogP contribution in [0.4, 0.5) is 32.8 Å². The summed E-state index contributed by atoms with van der Waals surface area (Å²) >= 11 is 0.719. The number of ether oxygens (including phenoxy) is 1. The molecule has 2 aromatic heterocycles. The average molecular weight is 632 g/mol. The van der Waals surface area contributed by atoms with Crippen LogP contribution in [-0.4, -0.2) is 66.3 Å². The van der Waals surface area contributed by atoms with Crippen molar-refractivity contribution in [2.75, 3.05) is 43.9 Å². The molecule has 0 radical (unpaired) electrons. The molecule has 3 N–H and O–H groups in total. The number of benzene rings is 2. The summed E-state index contributed by atoms with van der Waals surface area (Å²) in [7, 11) is 1.97. The number of nitrogens with one attached hydrogen (secondary N) is 1. The molecule has 3 atom stereocenters. The van der Waals surface area contributed by atoms with E-state index in [0.717, 1.165) is 48.9 Å². The van der Waals surface area contributed by atoms with Gasteiger partial charge in [-0.1, -0.05) is 6.07 Å². The standard InChI is InChI=1S/C30H30F5N7OS/c1-14-12-42(15(2)11-38-14)28-18-9-20(30(33,34)35)23(17-6-7-21(31)26-22(17)19(10-36)27(37)44-26)24(32)25(18)39-29(40-28)43-13-16-5-4-8-41(16)3/h6-7,9,14-16,38H,4-5,8,11-13,37H2,1-3H3/t14-,15+,16+/m1/s1. The molecule has 4 heterocycles. The van der Waals surface area contributed by atoms with E-state index >= 15 is 4.39 Å². The van der Waals surface area contributed by atoms with E-state index in [2.05, 4.69) is 20.2 Å². The smallest absolute Gasteiger partial charge is 0.417 e. The van der Waals surface area contributed by atoms with Crippen LogP contribution in [-0.2, 0) is 6.18 Å². The molecule has 2 aromatic carbocycles. The number of nitriles is 1. The SMILES string of the molecule is C[C@@H]1CN(c2nc(OC[C@@H]3CCCN3C)nc3c(F)c(-c4ccc(F)c5sc(N)c(C#N)c45)c(C(F)(F)F)cc23)[C@@H](C)CN1. The first-order chi connectivity index (χ1) is 20.9. The Labute approximate surface area is 254 Å². The third-order valence-corrected chi connectivity index (χ3v) is 9.54. The highest BCUT2D eigenvalue weighted by Gasteiger charge is 2.39. The van der Waals surface area contributed by atoms with E-state index in [0.29, 0.717) is 13.1 Å². The van der Waals surface area contributed by atoms with E-state index in [1.165, 1.54) is 0 Å². The van der Waals surface area contributed by atoms with Crippen LogP contribution in [0.5, 0.6) is 6.01 Å². The minimum atomic E-state index is -5.03. The summed E-state index contributed by atoms with van der Waals surface area (Å²) in [5.41, 5.74) is 2.89. The van der Waals surface area contributed by atoms with Gasteiger partial charge in [0.05, 0.1) is 15.8 Å². The van der Waals surface area contributed by atoms with Gasteiger partial charge in [-0.3, -0.25) is 0 Å². The normalized spacial score (nSPS) is 21.3. The summed E-state index contributed by atoms with van der Waals surface area (Å²) < 4.78 is 81.9. The molecule has 2 fully saturated rings. The molecular formula is C30H30F5N7OS. The van der Waals surface area contributed by atoms with E-state index in [1.54, 1.807) is 0 Å². The maximum absolute atomic E-state index is 16.8. The fourth-order valence-electron chi connectivity index (χ4n) is 6.15. The number of anilines is 2. The van der Waals surface area contributed by atoms with Crippen molar-refractivity contribution in [3.05, 3.63) is 41.0 Å². The van der Waals surface area contributed by atoms with Crippen LogP contribution in [0.15, 0.2) is 18.2 Å². The number of nitrogen functional groups attached to an aromatic ring is 1. The number of hydrogen-bond acceptors (Lipinski definition) is 9. The van der Waals surface area contributed by atoms with Gasteiger partial charge in [0, 0.05) is 47.6 Å². The number of alkyl halides is 3. The first-order valence-corrected chi connectivity index (χ1v) is 15.1. The Morgan fingerprint density at radius 2 is 2.00 bits per heavy atom. The monoisotopic (exact) mass is 631 g/mol. The molecule has 2 aliphatic rings. The Hall–Kier alpha value is -3.80. The second-order valence-electron chi connectivity index (χ2n) is 11.5. The van der Waals surface area contributed by atoms with Crippen molar-refractivity contribution in [3.63, 3.8) is 0 Å². The molecule has 8 nitrogen and oxygen atoms in total. The van der Waals surface area contributed by atoms with E-state index in [9.17, 15) is 22.8 Å². The lowest BCUT2D eigenvalue weighted by molar-refractivity contribution is -0.137. The third-order valence-electron chi connectivity index (χ3n) is 8.51. The molecule has 0 unspecified atom stereocenters. The number of piperazine rings is 1. The van der Waals surface area contributed by atoms with Crippen LogP contribution in [0, 0.1) is 23.0 Å². The van der Waals surface area contributed by atoms with Gasteiger partial charge in [0.25, 0.3) is 0 Å². The highest BCUT2D eigenvalue weighted by molar-refractivity contribution is 7.23. The topological polar surface area (TPSA) is 103 Å². The van der Waals surface area contributed by atoms with Gasteiger partial charge in [-0.05, 0) is 58.0 Å². The van der Waals surface area contributed by atoms with Gasteiger partial charge in [0.2, 0.25) is 0 Å². The summed E-state index contributed by atoms with van der Waals surface area (Å²) in [6, 6.07) is 4.41. The van der Waals surface area contributed by atoms with Crippen molar-refractivity contribution in [3.8, 4) is 23.2 Å². The lowest BCUT2D eigenvalue weighted by atomic mass is 9.92. The first kappa shape index (κ1) is 30.2. The largest absolute Gasteiger partial charge is 0.462 e. The Bertz CT molecular complexity index is 1800. The number of thiophene rings is 1. The molecule has 232 valence electrons. The van der Waals surface area contributed by atoms with Crippen molar-refractivity contribution in [2.45, 2.75) is 51.0 Å². The molecule has 6 rings (SSSR count). The molecule has 2 saturated heterocycles. The lowest BCUT2D eigenvalue weighted by Crippen LogP contribution is -2.54. The fourth-order valence-corrected chi connectivity index (χ4v) is 7.10. The highest BCUT2D eigenvalue weighted by atomic mass is 32.1. The number of rotatable bonds is 5. The van der Waals surface area contributed by atoms with Crippen LogP contribution in [0.1, 0.15) is 37.8 Å². The van der Waals surface area contributed by atoms with Crippen molar-refractivity contribution >= 4 is 43.1 Å². The highest BCUT2D eigenvalue weighted by Crippen LogP contribution is 2.48. The van der Waals surface area contributed by atoms with Crippen LogP contribution in [0.3, 0.4) is 0 Å². The van der Waals surface area contributed by atoms with Crippen molar-refractivity contribution < 1.29 is 26.7 Å². The number of halogens is 5. The molecule has 0 bridgehead atoms. The van der Waals surface area contributed by atoms with Gasteiger partial charge >= 0.3 is 12.2 Å². The summed E-state index contributed by atoms with van der Waals surface area (Å²) in [6.07, 6.45) is -3.14. The van der Waals surface area contributed by atoms with Gasteiger partial charge in [-0.2, -0.15) is 28.4 Å². The van der Waals surface area contributed by atoms with E-state index in [4.69, 9.17) is 10.5 Å². The number of likely N-dealkylation sites (tertiary alicyclic amines) is 1. The molecule has 0 aliphatic carbocycles. The zero-order valence-corrected chi connectivity index (χ0v) is 25.0. The number of likely N-dealkylation sites (N-methyl/N-ethyl adjacent to an activating group) is 1. The Balaban J connectivity index is 1.64. The first-order valence-electron chi connectivity index (χ1n) is 14.2. The molecule has 0 saturated carbocycles. The van der Waals surface area contributed by atoms with Crippen LogP contribution >= 0.6 is 11.3 Å². The van der Waals surface area contributed by atoms with E-state index < -0.39 is 28.9 Å². The van der Waals surface area contributed by atoms with Crippen LogP contribution < -0.4 is 20.7 Å². The van der Waals surface area contributed by atoms with Crippen molar-refractivity contribution in [2.24, 2.45) is 0 Å². The van der Waals surface area contributed by atoms with E-state index in [-0.39, 0.29) is 73.7 Å². The number of aromatic nitrogens is 2. The average Bonchev–Trinajstić information content (AvgIpc) is 3.55. The summed E-state index contributed by atoms with van der Waals surface area (Å²) in [5, 5.41) is 12.7. The second kappa shape index (κ2) is 11.3. The minimum absolute atomic E-state index is 0.0140. The van der Waals surface area contributed by atoms with Crippen molar-refractivity contribution in [1.29, 1.82) is 5.26 Å². The molecule has 14 heteroatoms. The van der Waals surface area contributed by atoms with Crippen LogP contribution in [0.2, 0.25) is 0 Å². The maximum Gasteiger partial charge on any atom is 0.417 e. The Kier molecular flexibility index (Phi) is 7.75. The molecule has 44 heavy (non-hydrogen) atoms. The van der Waals surface area contributed by atoms with Gasteiger partial charge < -0.3 is 25.6 Å².